The van der Waals surface area contributed by atoms with Crippen LogP contribution >= 0.6 is 0 Å². The van der Waals surface area contributed by atoms with Crippen molar-refractivity contribution in [3.63, 3.8) is 0 Å². The van der Waals surface area contributed by atoms with Crippen LogP contribution in [0.2, 0.25) is 0 Å². The Balaban J connectivity index is 1.96. The van der Waals surface area contributed by atoms with Crippen LogP contribution in [0.15, 0.2) is 24.4 Å². The van der Waals surface area contributed by atoms with Crippen LogP contribution in [0.4, 0.5) is 5.82 Å². The van der Waals surface area contributed by atoms with Gasteiger partial charge in [0.1, 0.15) is 40.6 Å². The number of ether oxygens (including phenoxy) is 1. The molecule has 1 saturated heterocycles. The quantitative estimate of drug-likeness (QED) is 0.373. The van der Waals surface area contributed by atoms with Gasteiger partial charge in [-0.25, -0.2) is 9.97 Å². The summed E-state index contributed by atoms with van der Waals surface area (Å²) < 4.78 is 9.65. The van der Waals surface area contributed by atoms with E-state index in [1.807, 2.05) is 22.9 Å². The van der Waals surface area contributed by atoms with E-state index in [1.165, 1.54) is 0 Å². The molecule has 0 bridgehead atoms. The maximum absolute atomic E-state index is 10.6. The number of hydrogen-bond donors (Lipinski definition) is 0. The highest BCUT2D eigenvalue weighted by molar-refractivity contribution is 5.84. The maximum atomic E-state index is 10.6. The zero-order valence-corrected chi connectivity index (χ0v) is 23.9. The summed E-state index contributed by atoms with van der Waals surface area (Å²) in [6.07, 6.45) is 1.64. The fourth-order valence-corrected chi connectivity index (χ4v) is 5.46. The van der Waals surface area contributed by atoms with E-state index in [-0.39, 0.29) is 11.3 Å². The second kappa shape index (κ2) is 10.00. The molecule has 5 heterocycles. The van der Waals surface area contributed by atoms with Gasteiger partial charge in [0.25, 0.3) is 0 Å². The first-order valence-electron chi connectivity index (χ1n) is 13.4. The fraction of sp³-hybridized carbons (Fsp3) is 0.467. The maximum Gasteiger partial charge on any atom is 0.153 e. The Morgan fingerprint density at radius 3 is 2.36 bits per heavy atom. The van der Waals surface area contributed by atoms with E-state index < -0.39 is 0 Å². The zero-order chi connectivity index (χ0) is 28.1. The van der Waals surface area contributed by atoms with Gasteiger partial charge in [-0.2, -0.15) is 10.5 Å². The first-order valence-corrected chi connectivity index (χ1v) is 13.4. The number of fused-ring (bicyclic) bond motifs is 2. The monoisotopic (exact) mass is 524 g/mol. The van der Waals surface area contributed by atoms with Crippen molar-refractivity contribution in [2.45, 2.75) is 52.5 Å². The van der Waals surface area contributed by atoms with E-state index >= 15 is 0 Å². The summed E-state index contributed by atoms with van der Waals surface area (Å²) in [5.41, 5.74) is 6.78. The van der Waals surface area contributed by atoms with E-state index in [2.05, 4.69) is 74.8 Å². The number of aromatic nitrogens is 4. The SMILES string of the molecule is CC(C)c1ccc(CN(C)C)n2c(C#N)c(-c3cc(C(C)(C)C)c4ncc(C#N)n4c3N3CCOCC3)nc12. The molecule has 0 unspecified atom stereocenters. The molecule has 1 aliphatic rings. The Labute approximate surface area is 229 Å². The van der Waals surface area contributed by atoms with Gasteiger partial charge >= 0.3 is 0 Å². The molecule has 4 aromatic rings. The van der Waals surface area contributed by atoms with E-state index in [0.29, 0.717) is 49.9 Å². The van der Waals surface area contributed by atoms with Crippen molar-refractivity contribution >= 4 is 17.1 Å². The van der Waals surface area contributed by atoms with E-state index in [0.717, 1.165) is 39.5 Å². The third-order valence-electron chi connectivity index (χ3n) is 7.32. The predicted molar refractivity (Wildman–Crippen MR) is 152 cm³/mol. The number of imidazole rings is 2. The molecule has 9 heteroatoms. The molecule has 0 radical (unpaired) electrons. The number of pyridine rings is 2. The van der Waals surface area contributed by atoms with Crippen molar-refractivity contribution in [1.82, 2.24) is 23.7 Å². The summed E-state index contributed by atoms with van der Waals surface area (Å²) >= 11 is 0. The third kappa shape index (κ3) is 4.52. The van der Waals surface area contributed by atoms with Crippen LogP contribution in [0.5, 0.6) is 0 Å². The van der Waals surface area contributed by atoms with Gasteiger partial charge in [-0.05, 0) is 43.1 Å². The first-order chi connectivity index (χ1) is 18.6. The fourth-order valence-electron chi connectivity index (χ4n) is 5.46. The average molecular weight is 525 g/mol. The molecule has 0 saturated carbocycles. The standard InChI is InChI=1S/C30H36N8O/c1-19(2)22-9-8-20(18-35(6)7)37-25(16-32)26(34-27(22)37)23-14-24(30(3,4)5)28-33-17-21(15-31)38(28)29(23)36-10-12-39-13-11-36/h8-9,14,17,19H,10-13,18H2,1-7H3. The van der Waals surface area contributed by atoms with Crippen molar-refractivity contribution < 1.29 is 4.74 Å². The lowest BCUT2D eigenvalue weighted by Crippen LogP contribution is -2.38. The van der Waals surface area contributed by atoms with Crippen LogP contribution in [0.25, 0.3) is 22.6 Å². The Morgan fingerprint density at radius 2 is 1.77 bits per heavy atom. The number of anilines is 1. The Morgan fingerprint density at radius 1 is 1.05 bits per heavy atom. The molecule has 0 spiro atoms. The molecule has 1 aliphatic heterocycles. The molecule has 0 aliphatic carbocycles. The second-order valence-electron chi connectivity index (χ2n) is 11.8. The lowest BCUT2D eigenvalue weighted by molar-refractivity contribution is 0.122. The summed E-state index contributed by atoms with van der Waals surface area (Å²) in [5.74, 6) is 1.06. The van der Waals surface area contributed by atoms with Crippen molar-refractivity contribution in [3.05, 3.63) is 52.6 Å². The average Bonchev–Trinajstić information content (AvgIpc) is 3.49. The molecular formula is C30H36N8O. The molecule has 202 valence electrons. The van der Waals surface area contributed by atoms with Crippen molar-refractivity contribution in [3.8, 4) is 23.4 Å². The molecule has 5 rings (SSSR count). The number of nitrogens with zero attached hydrogens (tertiary/aromatic N) is 8. The van der Waals surface area contributed by atoms with Gasteiger partial charge in [-0.1, -0.05) is 40.7 Å². The number of morpholine rings is 1. The summed E-state index contributed by atoms with van der Waals surface area (Å²) in [4.78, 5) is 14.2. The number of rotatable bonds is 5. The van der Waals surface area contributed by atoms with Gasteiger partial charge < -0.3 is 14.5 Å². The molecular weight excluding hydrogens is 488 g/mol. The third-order valence-corrected chi connectivity index (χ3v) is 7.32. The highest BCUT2D eigenvalue weighted by atomic mass is 16.5. The zero-order valence-electron chi connectivity index (χ0n) is 23.9. The number of hydrogen-bond acceptors (Lipinski definition) is 7. The molecule has 0 amide bonds. The van der Waals surface area contributed by atoms with Crippen LogP contribution in [0.1, 0.15) is 68.7 Å². The minimum atomic E-state index is -0.261. The summed E-state index contributed by atoms with van der Waals surface area (Å²) in [5, 5.41) is 20.7. The number of nitriles is 2. The van der Waals surface area contributed by atoms with Gasteiger partial charge in [0.2, 0.25) is 0 Å². The molecule has 9 nitrogen and oxygen atoms in total. The van der Waals surface area contributed by atoms with Crippen molar-refractivity contribution in [1.29, 1.82) is 10.5 Å². The van der Waals surface area contributed by atoms with Crippen LogP contribution in [0, 0.1) is 22.7 Å². The van der Waals surface area contributed by atoms with Crippen LogP contribution in [-0.2, 0) is 16.7 Å². The largest absolute Gasteiger partial charge is 0.378 e. The second-order valence-corrected chi connectivity index (χ2v) is 11.8. The minimum Gasteiger partial charge on any atom is -0.378 e. The Hall–Kier alpha value is -3.92. The van der Waals surface area contributed by atoms with Gasteiger partial charge in [0.05, 0.1) is 19.4 Å². The minimum absolute atomic E-state index is 0.230. The molecule has 0 N–H and O–H groups in total. The van der Waals surface area contributed by atoms with E-state index in [9.17, 15) is 10.5 Å². The van der Waals surface area contributed by atoms with Crippen molar-refractivity contribution in [2.24, 2.45) is 0 Å². The highest BCUT2D eigenvalue weighted by Crippen LogP contribution is 2.41. The highest BCUT2D eigenvalue weighted by Gasteiger charge is 2.31. The van der Waals surface area contributed by atoms with E-state index in [4.69, 9.17) is 14.7 Å². The Bertz CT molecular complexity index is 1630. The smallest absolute Gasteiger partial charge is 0.153 e. The van der Waals surface area contributed by atoms with Crippen LogP contribution in [-0.4, -0.2) is 64.1 Å². The first kappa shape index (κ1) is 26.7. The lowest BCUT2D eigenvalue weighted by Gasteiger charge is -2.32. The predicted octanol–water partition coefficient (Wildman–Crippen LogP) is 4.71. The molecule has 0 atom stereocenters. The van der Waals surface area contributed by atoms with Gasteiger partial charge in [0, 0.05) is 36.5 Å². The van der Waals surface area contributed by atoms with Gasteiger partial charge in [-0.3, -0.25) is 8.80 Å². The van der Waals surface area contributed by atoms with Crippen LogP contribution < -0.4 is 4.90 Å². The topological polar surface area (TPSA) is 97.9 Å². The van der Waals surface area contributed by atoms with Gasteiger partial charge in [0.15, 0.2) is 5.69 Å². The van der Waals surface area contributed by atoms with Crippen molar-refractivity contribution in [2.75, 3.05) is 45.3 Å². The Kier molecular flexibility index (Phi) is 6.84. The van der Waals surface area contributed by atoms with Crippen LogP contribution in [0.3, 0.4) is 0 Å². The lowest BCUT2D eigenvalue weighted by atomic mass is 9.86. The molecule has 1 fully saturated rings. The summed E-state index contributed by atoms with van der Waals surface area (Å²) in [7, 11) is 4.04. The summed E-state index contributed by atoms with van der Waals surface area (Å²) in [6.45, 7) is 13.9. The normalized spacial score (nSPS) is 14.5. The van der Waals surface area contributed by atoms with Gasteiger partial charge in [-0.15, -0.1) is 0 Å². The van der Waals surface area contributed by atoms with E-state index in [1.54, 1.807) is 6.20 Å². The molecule has 39 heavy (non-hydrogen) atoms. The molecule has 4 aromatic heterocycles. The molecule has 0 aromatic carbocycles. The summed E-state index contributed by atoms with van der Waals surface area (Å²) in [6, 6.07) is 11.2.